The van der Waals surface area contributed by atoms with Gasteiger partial charge in [-0.25, -0.2) is 0 Å². The summed E-state index contributed by atoms with van der Waals surface area (Å²) in [5.74, 6) is -1.36. The van der Waals surface area contributed by atoms with Gasteiger partial charge >= 0.3 is 16.1 Å². The van der Waals surface area contributed by atoms with Crippen LogP contribution in [0.1, 0.15) is 31.9 Å². The fourth-order valence-electron chi connectivity index (χ4n) is 1.77. The van der Waals surface area contributed by atoms with E-state index in [9.17, 15) is 23.3 Å². The number of nitrogens with zero attached hydrogens (tertiary/aromatic N) is 1. The molecule has 1 aromatic carbocycles. The first-order valence-corrected chi connectivity index (χ1v) is 8.18. The summed E-state index contributed by atoms with van der Waals surface area (Å²) in [5, 5.41) is 11.0. The van der Waals surface area contributed by atoms with Crippen molar-refractivity contribution in [2.45, 2.75) is 26.4 Å². The molecule has 0 fully saturated rings. The van der Waals surface area contributed by atoms with Gasteiger partial charge in [0.15, 0.2) is 0 Å². The minimum Gasteiger partial charge on any atom is -0.373 e. The number of hydrogen-bond donors (Lipinski definition) is 0. The molecule has 0 bridgehead atoms. The Hall–Kier alpha value is -2.00. The van der Waals surface area contributed by atoms with Gasteiger partial charge in [0.05, 0.1) is 28.8 Å². The summed E-state index contributed by atoms with van der Waals surface area (Å²) in [6.45, 7) is 3.20. The Morgan fingerprint density at radius 1 is 1.32 bits per heavy atom. The number of para-hydroxylation sites is 1. The maximum atomic E-state index is 11.7. The molecule has 9 heteroatoms. The van der Waals surface area contributed by atoms with Crippen molar-refractivity contribution in [1.29, 1.82) is 0 Å². The molecule has 0 aliphatic rings. The summed E-state index contributed by atoms with van der Waals surface area (Å²) in [7, 11) is -3.93. The van der Waals surface area contributed by atoms with Crippen molar-refractivity contribution in [3.8, 4) is 0 Å². The lowest BCUT2D eigenvalue weighted by Gasteiger charge is -2.16. The van der Waals surface area contributed by atoms with E-state index in [4.69, 9.17) is 4.74 Å². The molecule has 0 aliphatic carbocycles. The van der Waals surface area contributed by atoms with Crippen LogP contribution in [-0.4, -0.2) is 31.7 Å². The Kier molecular flexibility index (Phi) is 6.44. The van der Waals surface area contributed by atoms with Crippen molar-refractivity contribution in [3.63, 3.8) is 0 Å². The van der Waals surface area contributed by atoms with E-state index in [1.807, 2.05) is 0 Å². The number of rotatable bonds is 8. The highest BCUT2D eigenvalue weighted by Crippen LogP contribution is 2.30. The number of ether oxygens (including phenoxy) is 1. The van der Waals surface area contributed by atoms with Gasteiger partial charge in [-0.3, -0.25) is 14.9 Å². The van der Waals surface area contributed by atoms with E-state index in [1.54, 1.807) is 13.0 Å². The first-order valence-electron chi connectivity index (χ1n) is 6.60. The van der Waals surface area contributed by atoms with Crippen molar-refractivity contribution < 1.29 is 27.1 Å². The molecule has 0 aliphatic heterocycles. The van der Waals surface area contributed by atoms with Crippen LogP contribution in [0.2, 0.25) is 0 Å². The first kappa shape index (κ1) is 18.1. The maximum absolute atomic E-state index is 11.7. The van der Waals surface area contributed by atoms with Crippen LogP contribution in [0.3, 0.4) is 0 Å². The molecule has 0 heterocycles. The van der Waals surface area contributed by atoms with Crippen LogP contribution < -0.4 is 0 Å². The fourth-order valence-corrected chi connectivity index (χ4v) is 2.24. The van der Waals surface area contributed by atoms with Gasteiger partial charge in [-0.05, 0) is 19.9 Å². The summed E-state index contributed by atoms with van der Waals surface area (Å²) in [5.41, 5.74) is -0.00713. The average molecular weight is 331 g/mol. The van der Waals surface area contributed by atoms with E-state index in [-0.39, 0.29) is 23.6 Å². The number of carbonyl (C=O) groups excluding carboxylic acids is 1. The van der Waals surface area contributed by atoms with Gasteiger partial charge in [-0.2, -0.15) is 8.42 Å². The zero-order valence-corrected chi connectivity index (χ0v) is 13.0. The molecule has 0 radical (unpaired) electrons. The zero-order chi connectivity index (χ0) is 16.8. The van der Waals surface area contributed by atoms with Crippen molar-refractivity contribution in [3.05, 3.63) is 39.9 Å². The molecule has 0 saturated heterocycles. The van der Waals surface area contributed by atoms with E-state index >= 15 is 0 Å². The molecular weight excluding hydrogens is 314 g/mol. The molecule has 1 unspecified atom stereocenters. The second-order valence-corrected chi connectivity index (χ2v) is 6.13. The molecule has 22 heavy (non-hydrogen) atoms. The molecule has 8 nitrogen and oxygen atoms in total. The van der Waals surface area contributed by atoms with Crippen LogP contribution >= 0.6 is 0 Å². The van der Waals surface area contributed by atoms with E-state index in [2.05, 4.69) is 4.18 Å². The minimum absolute atomic E-state index is 0.195. The molecule has 0 saturated carbocycles. The third-order valence-corrected chi connectivity index (χ3v) is 3.92. The van der Waals surface area contributed by atoms with Gasteiger partial charge in [0.2, 0.25) is 0 Å². The smallest absolute Gasteiger partial charge is 0.325 e. The SMILES string of the molecule is CCOC(CC(=O)OS(=O)(=O)CC)c1ccccc1[N+](=O)[O-]. The predicted octanol–water partition coefficient (Wildman–Crippen LogP) is 1.96. The maximum Gasteiger partial charge on any atom is 0.325 e. The first-order chi connectivity index (χ1) is 10.3. The van der Waals surface area contributed by atoms with Crippen LogP contribution in [0.4, 0.5) is 5.69 Å². The van der Waals surface area contributed by atoms with Crippen molar-refractivity contribution in [2.24, 2.45) is 0 Å². The lowest BCUT2D eigenvalue weighted by Crippen LogP contribution is -2.19. The van der Waals surface area contributed by atoms with Crippen molar-refractivity contribution in [1.82, 2.24) is 0 Å². The summed E-state index contributed by atoms with van der Waals surface area (Å²) in [6, 6.07) is 5.81. The van der Waals surface area contributed by atoms with Crippen molar-refractivity contribution >= 4 is 21.8 Å². The normalized spacial score (nSPS) is 12.6. The molecule has 0 amide bonds. The number of nitro benzene ring substituents is 1. The van der Waals surface area contributed by atoms with Gasteiger partial charge < -0.3 is 8.92 Å². The molecule has 1 atom stereocenters. The summed E-state index contributed by atoms with van der Waals surface area (Å²) in [4.78, 5) is 22.1. The Morgan fingerprint density at radius 2 is 1.95 bits per heavy atom. The number of hydrogen-bond acceptors (Lipinski definition) is 7. The lowest BCUT2D eigenvalue weighted by molar-refractivity contribution is -0.386. The molecule has 0 aromatic heterocycles. The lowest BCUT2D eigenvalue weighted by atomic mass is 10.0. The van der Waals surface area contributed by atoms with Gasteiger partial charge in [-0.15, -0.1) is 0 Å². The van der Waals surface area contributed by atoms with Crippen LogP contribution in [0.25, 0.3) is 0 Å². The summed E-state index contributed by atoms with van der Waals surface area (Å²) < 4.78 is 32.2. The Morgan fingerprint density at radius 3 is 2.50 bits per heavy atom. The second kappa shape index (κ2) is 7.85. The summed E-state index contributed by atoms with van der Waals surface area (Å²) in [6.07, 6.45) is -1.39. The quantitative estimate of drug-likeness (QED) is 0.406. The van der Waals surface area contributed by atoms with Crippen molar-refractivity contribution in [2.75, 3.05) is 12.4 Å². The second-order valence-electron chi connectivity index (χ2n) is 4.27. The van der Waals surface area contributed by atoms with Gasteiger partial charge in [-0.1, -0.05) is 12.1 Å². The highest BCUT2D eigenvalue weighted by atomic mass is 32.2. The van der Waals surface area contributed by atoms with E-state index < -0.39 is 33.5 Å². The number of nitro groups is 1. The fraction of sp³-hybridized carbons (Fsp3) is 0.462. The molecule has 122 valence electrons. The monoisotopic (exact) mass is 331 g/mol. The minimum atomic E-state index is -3.93. The van der Waals surface area contributed by atoms with Crippen LogP contribution in [0, 0.1) is 10.1 Å². The summed E-state index contributed by atoms with van der Waals surface area (Å²) >= 11 is 0. The Balaban J connectivity index is 3.00. The molecular formula is C13H17NO7S. The highest BCUT2D eigenvalue weighted by molar-refractivity contribution is 7.87. The van der Waals surface area contributed by atoms with Gasteiger partial charge in [0, 0.05) is 12.7 Å². The van der Waals surface area contributed by atoms with Gasteiger partial charge in [0.25, 0.3) is 5.69 Å². The molecule has 0 spiro atoms. The number of carbonyl (C=O) groups is 1. The molecule has 1 aromatic rings. The Bertz CT molecular complexity index is 642. The highest BCUT2D eigenvalue weighted by Gasteiger charge is 2.26. The topological polar surface area (TPSA) is 113 Å². The van der Waals surface area contributed by atoms with E-state index in [0.717, 1.165) is 0 Å². The molecule has 1 rings (SSSR count). The standard InChI is InChI=1S/C13H17NO7S/c1-3-20-12(9-13(15)21-22(18,19)4-2)10-7-5-6-8-11(10)14(16)17/h5-8,12H,3-4,9H2,1-2H3. The predicted molar refractivity (Wildman–Crippen MR) is 77.6 cm³/mol. The Labute approximate surface area is 128 Å². The third kappa shape index (κ3) is 5.08. The van der Waals surface area contributed by atoms with Crippen LogP contribution in [0.15, 0.2) is 24.3 Å². The average Bonchev–Trinajstić information content (AvgIpc) is 2.46. The third-order valence-electron chi connectivity index (χ3n) is 2.77. The zero-order valence-electron chi connectivity index (χ0n) is 12.2. The van der Waals surface area contributed by atoms with E-state index in [0.29, 0.717) is 0 Å². The van der Waals surface area contributed by atoms with E-state index in [1.165, 1.54) is 25.1 Å². The molecule has 0 N–H and O–H groups in total. The van der Waals surface area contributed by atoms with Gasteiger partial charge in [0.1, 0.15) is 0 Å². The largest absolute Gasteiger partial charge is 0.373 e. The van der Waals surface area contributed by atoms with Crippen LogP contribution in [-0.2, 0) is 23.8 Å². The van der Waals surface area contributed by atoms with Crippen LogP contribution in [0.5, 0.6) is 0 Å². The number of benzene rings is 1.